The molecule has 0 aliphatic carbocycles. The van der Waals surface area contributed by atoms with Crippen LogP contribution in [0.2, 0.25) is 0 Å². The summed E-state index contributed by atoms with van der Waals surface area (Å²) in [5.74, 6) is 0.783. The first-order valence-electron chi connectivity index (χ1n) is 4.94. The molecule has 1 atom stereocenters. The lowest BCUT2D eigenvalue weighted by Crippen LogP contribution is -2.26. The summed E-state index contributed by atoms with van der Waals surface area (Å²) in [7, 11) is 0. The molecule has 13 heavy (non-hydrogen) atoms. The van der Waals surface area contributed by atoms with Crippen molar-refractivity contribution in [2.45, 2.75) is 39.8 Å². The fraction of sp³-hybridized carbons (Fsp3) is 0.636. The Balaban J connectivity index is 2.19. The van der Waals surface area contributed by atoms with E-state index >= 15 is 0 Å². The molecule has 0 aliphatic heterocycles. The smallest absolute Gasteiger partial charge is 0.0302 e. The predicted molar refractivity (Wildman–Crippen MR) is 60.1 cm³/mol. The Bertz CT molecular complexity index is 216. The van der Waals surface area contributed by atoms with E-state index in [1.807, 2.05) is 11.3 Å². The van der Waals surface area contributed by atoms with Crippen LogP contribution in [0.15, 0.2) is 17.5 Å². The van der Waals surface area contributed by atoms with Gasteiger partial charge in [-0.2, -0.15) is 0 Å². The van der Waals surface area contributed by atoms with E-state index in [0.717, 1.165) is 12.5 Å². The molecule has 0 saturated heterocycles. The van der Waals surface area contributed by atoms with Crippen molar-refractivity contribution in [1.29, 1.82) is 0 Å². The molecule has 0 aliphatic rings. The quantitative estimate of drug-likeness (QED) is 0.764. The Morgan fingerprint density at radius 1 is 1.38 bits per heavy atom. The minimum Gasteiger partial charge on any atom is -0.309 e. The van der Waals surface area contributed by atoms with E-state index in [-0.39, 0.29) is 0 Å². The van der Waals surface area contributed by atoms with Crippen LogP contribution in [0, 0.1) is 5.92 Å². The average Bonchev–Trinajstić information content (AvgIpc) is 2.51. The van der Waals surface area contributed by atoms with Gasteiger partial charge in [-0.15, -0.1) is 11.3 Å². The zero-order chi connectivity index (χ0) is 9.68. The summed E-state index contributed by atoms with van der Waals surface area (Å²) in [6.07, 6.45) is 1.26. The molecular formula is C11H19NS. The van der Waals surface area contributed by atoms with Crippen molar-refractivity contribution in [1.82, 2.24) is 5.32 Å². The van der Waals surface area contributed by atoms with Crippen molar-refractivity contribution < 1.29 is 0 Å². The predicted octanol–water partition coefficient (Wildman–Crippen LogP) is 3.27. The zero-order valence-corrected chi connectivity index (χ0v) is 9.53. The molecule has 1 aromatic rings. The van der Waals surface area contributed by atoms with Gasteiger partial charge in [-0.1, -0.05) is 19.9 Å². The summed E-state index contributed by atoms with van der Waals surface area (Å²) < 4.78 is 0. The number of hydrogen-bond acceptors (Lipinski definition) is 2. The van der Waals surface area contributed by atoms with Crippen LogP contribution in [0.1, 0.15) is 32.1 Å². The first kappa shape index (κ1) is 10.7. The van der Waals surface area contributed by atoms with E-state index in [1.165, 1.54) is 11.3 Å². The van der Waals surface area contributed by atoms with Gasteiger partial charge in [0.25, 0.3) is 0 Å². The van der Waals surface area contributed by atoms with Gasteiger partial charge in [-0.05, 0) is 30.7 Å². The second-order valence-electron chi connectivity index (χ2n) is 3.99. The summed E-state index contributed by atoms with van der Waals surface area (Å²) >= 11 is 1.82. The summed E-state index contributed by atoms with van der Waals surface area (Å²) in [5.41, 5.74) is 0. The average molecular weight is 197 g/mol. The molecule has 0 spiro atoms. The molecule has 1 aromatic heterocycles. The van der Waals surface area contributed by atoms with E-state index in [4.69, 9.17) is 0 Å². The van der Waals surface area contributed by atoms with E-state index < -0.39 is 0 Å². The number of hydrogen-bond donors (Lipinski definition) is 1. The third-order valence-corrected chi connectivity index (χ3v) is 2.91. The minimum absolute atomic E-state index is 0.627. The van der Waals surface area contributed by atoms with Crippen LogP contribution in [0.25, 0.3) is 0 Å². The molecule has 1 heterocycles. The molecule has 0 aromatic carbocycles. The van der Waals surface area contributed by atoms with Crippen molar-refractivity contribution in [3.63, 3.8) is 0 Å². The molecular weight excluding hydrogens is 178 g/mol. The first-order chi connectivity index (χ1) is 6.18. The Morgan fingerprint density at radius 3 is 2.69 bits per heavy atom. The fourth-order valence-electron chi connectivity index (χ4n) is 1.48. The van der Waals surface area contributed by atoms with Gasteiger partial charge in [0.2, 0.25) is 0 Å². The van der Waals surface area contributed by atoms with Crippen molar-refractivity contribution in [2.24, 2.45) is 5.92 Å². The molecule has 1 rings (SSSR count). The normalized spacial score (nSPS) is 13.5. The van der Waals surface area contributed by atoms with Gasteiger partial charge in [0.1, 0.15) is 0 Å². The Hall–Kier alpha value is -0.340. The number of thiophene rings is 1. The van der Waals surface area contributed by atoms with Crippen molar-refractivity contribution in [2.75, 3.05) is 0 Å². The maximum absolute atomic E-state index is 3.53. The standard InChI is InChI=1S/C11H19NS/c1-9(2)7-10(3)12-8-11-5-4-6-13-11/h4-6,9-10,12H,7-8H2,1-3H3. The van der Waals surface area contributed by atoms with Crippen molar-refractivity contribution in [3.05, 3.63) is 22.4 Å². The maximum atomic E-state index is 3.53. The van der Waals surface area contributed by atoms with Crippen LogP contribution in [-0.2, 0) is 6.54 Å². The molecule has 0 saturated carbocycles. The fourth-order valence-corrected chi connectivity index (χ4v) is 2.13. The highest BCUT2D eigenvalue weighted by molar-refractivity contribution is 7.09. The van der Waals surface area contributed by atoms with E-state index in [1.54, 1.807) is 0 Å². The lowest BCUT2D eigenvalue weighted by Gasteiger charge is -2.14. The SMILES string of the molecule is CC(C)CC(C)NCc1cccs1. The van der Waals surface area contributed by atoms with Gasteiger partial charge in [0, 0.05) is 17.5 Å². The van der Waals surface area contributed by atoms with Crippen LogP contribution in [0.4, 0.5) is 0 Å². The van der Waals surface area contributed by atoms with Gasteiger partial charge in [-0.3, -0.25) is 0 Å². The molecule has 0 radical (unpaired) electrons. The lowest BCUT2D eigenvalue weighted by atomic mass is 10.1. The minimum atomic E-state index is 0.627. The van der Waals surface area contributed by atoms with Gasteiger partial charge in [0.05, 0.1) is 0 Å². The Kier molecular flexibility index (Phi) is 4.46. The molecule has 74 valence electrons. The molecule has 1 unspecified atom stereocenters. The second kappa shape index (κ2) is 5.40. The van der Waals surface area contributed by atoms with Crippen LogP contribution >= 0.6 is 11.3 Å². The van der Waals surface area contributed by atoms with Gasteiger partial charge in [0.15, 0.2) is 0 Å². The zero-order valence-electron chi connectivity index (χ0n) is 8.71. The molecule has 1 nitrogen and oxygen atoms in total. The maximum Gasteiger partial charge on any atom is 0.0302 e. The van der Waals surface area contributed by atoms with Crippen LogP contribution in [-0.4, -0.2) is 6.04 Å². The van der Waals surface area contributed by atoms with Crippen LogP contribution in [0.3, 0.4) is 0 Å². The third-order valence-electron chi connectivity index (χ3n) is 2.03. The first-order valence-corrected chi connectivity index (χ1v) is 5.82. The van der Waals surface area contributed by atoms with Crippen molar-refractivity contribution in [3.8, 4) is 0 Å². The number of nitrogens with one attached hydrogen (secondary N) is 1. The monoisotopic (exact) mass is 197 g/mol. The summed E-state index contributed by atoms with van der Waals surface area (Å²) in [4.78, 5) is 1.43. The topological polar surface area (TPSA) is 12.0 Å². The highest BCUT2D eigenvalue weighted by Crippen LogP contribution is 2.09. The number of rotatable bonds is 5. The van der Waals surface area contributed by atoms with Gasteiger partial charge in [-0.25, -0.2) is 0 Å². The van der Waals surface area contributed by atoms with Crippen molar-refractivity contribution >= 4 is 11.3 Å². The largest absolute Gasteiger partial charge is 0.309 e. The van der Waals surface area contributed by atoms with Gasteiger partial charge < -0.3 is 5.32 Å². The highest BCUT2D eigenvalue weighted by Gasteiger charge is 2.03. The summed E-state index contributed by atoms with van der Waals surface area (Å²) in [6, 6.07) is 4.91. The molecule has 1 N–H and O–H groups in total. The third kappa shape index (κ3) is 4.44. The van der Waals surface area contributed by atoms with Gasteiger partial charge >= 0.3 is 0 Å². The lowest BCUT2D eigenvalue weighted by molar-refractivity contribution is 0.443. The van der Waals surface area contributed by atoms with E-state index in [2.05, 4.69) is 43.6 Å². The summed E-state index contributed by atoms with van der Waals surface area (Å²) in [5, 5.41) is 5.66. The summed E-state index contributed by atoms with van der Waals surface area (Å²) in [6.45, 7) is 7.81. The van der Waals surface area contributed by atoms with Crippen LogP contribution in [0.5, 0.6) is 0 Å². The molecule has 0 bridgehead atoms. The molecule has 0 fully saturated rings. The second-order valence-corrected chi connectivity index (χ2v) is 5.02. The Labute approximate surface area is 85.2 Å². The van der Waals surface area contributed by atoms with Crippen LogP contribution < -0.4 is 5.32 Å². The Morgan fingerprint density at radius 2 is 2.15 bits per heavy atom. The molecule has 2 heteroatoms. The highest BCUT2D eigenvalue weighted by atomic mass is 32.1. The molecule has 0 amide bonds. The van der Waals surface area contributed by atoms with E-state index in [0.29, 0.717) is 6.04 Å². The van der Waals surface area contributed by atoms with E-state index in [9.17, 15) is 0 Å².